The second-order valence-electron chi connectivity index (χ2n) is 6.98. The zero-order chi connectivity index (χ0) is 20.6. The lowest BCUT2D eigenvalue weighted by molar-refractivity contribution is -0.154. The van der Waals surface area contributed by atoms with Gasteiger partial charge in [-0.05, 0) is 25.0 Å². The molecule has 0 aliphatic carbocycles. The molecule has 0 spiro atoms. The number of hydrogen-bond donors (Lipinski definition) is 0. The van der Waals surface area contributed by atoms with E-state index in [4.69, 9.17) is 4.74 Å². The molecule has 0 bridgehead atoms. The summed E-state index contributed by atoms with van der Waals surface area (Å²) < 4.78 is 4.82. The van der Waals surface area contributed by atoms with Crippen LogP contribution in [0, 0.1) is 0 Å². The Bertz CT molecular complexity index is 865. The molecule has 1 aromatic rings. The number of carbonyl (C=O) groups excluding carboxylic acids is 5. The smallest absolute Gasteiger partial charge is 0.334 e. The van der Waals surface area contributed by atoms with E-state index in [2.05, 4.69) is 0 Å². The SMILES string of the molecule is COC(=O)[C@H]1Cc2ccccc2CN1C(=O)CN1C(=O)C(=O)N(C(C)C)C1=O. The lowest BCUT2D eigenvalue weighted by atomic mass is 9.94. The van der Waals surface area contributed by atoms with Crippen molar-refractivity contribution in [1.29, 1.82) is 0 Å². The van der Waals surface area contributed by atoms with Crippen molar-refractivity contribution in [3.05, 3.63) is 35.4 Å². The molecule has 5 amide bonds. The molecule has 28 heavy (non-hydrogen) atoms. The van der Waals surface area contributed by atoms with Gasteiger partial charge in [-0.2, -0.15) is 0 Å². The minimum atomic E-state index is -1.04. The van der Waals surface area contributed by atoms with Crippen molar-refractivity contribution in [3.8, 4) is 0 Å². The summed E-state index contributed by atoms with van der Waals surface area (Å²) in [4.78, 5) is 64.5. The fourth-order valence-corrected chi connectivity index (χ4v) is 3.47. The molecule has 1 saturated heterocycles. The quantitative estimate of drug-likeness (QED) is 0.418. The van der Waals surface area contributed by atoms with Crippen molar-refractivity contribution < 1.29 is 28.7 Å². The maximum Gasteiger partial charge on any atom is 0.334 e. The number of carbonyl (C=O) groups is 5. The molecule has 0 unspecified atom stereocenters. The van der Waals surface area contributed by atoms with E-state index in [1.807, 2.05) is 24.3 Å². The Hall–Kier alpha value is -3.23. The fraction of sp³-hybridized carbons (Fsp3) is 0.421. The van der Waals surface area contributed by atoms with E-state index in [1.165, 1.54) is 12.0 Å². The molecule has 0 radical (unpaired) electrons. The van der Waals surface area contributed by atoms with E-state index in [9.17, 15) is 24.0 Å². The van der Waals surface area contributed by atoms with Crippen LogP contribution < -0.4 is 0 Å². The van der Waals surface area contributed by atoms with E-state index in [0.717, 1.165) is 16.0 Å². The van der Waals surface area contributed by atoms with Crippen LogP contribution in [0.4, 0.5) is 4.79 Å². The van der Waals surface area contributed by atoms with Gasteiger partial charge in [-0.1, -0.05) is 24.3 Å². The molecule has 1 aromatic carbocycles. The number of urea groups is 1. The molecular formula is C19H21N3O6. The zero-order valence-corrected chi connectivity index (χ0v) is 15.9. The molecule has 2 aliphatic heterocycles. The van der Waals surface area contributed by atoms with Crippen LogP contribution >= 0.6 is 0 Å². The number of benzene rings is 1. The van der Waals surface area contributed by atoms with Crippen molar-refractivity contribution in [1.82, 2.24) is 14.7 Å². The van der Waals surface area contributed by atoms with Crippen LogP contribution in [-0.2, 0) is 36.9 Å². The lowest BCUT2D eigenvalue weighted by Gasteiger charge is -2.35. The number of nitrogens with zero attached hydrogens (tertiary/aromatic N) is 3. The molecule has 3 rings (SSSR count). The van der Waals surface area contributed by atoms with Gasteiger partial charge in [0.2, 0.25) is 5.91 Å². The third-order valence-electron chi connectivity index (χ3n) is 4.94. The van der Waals surface area contributed by atoms with E-state index >= 15 is 0 Å². The van der Waals surface area contributed by atoms with Gasteiger partial charge >= 0.3 is 23.8 Å². The maximum atomic E-state index is 12.9. The summed E-state index contributed by atoms with van der Waals surface area (Å²) >= 11 is 0. The first-order valence-electron chi connectivity index (χ1n) is 8.89. The molecule has 9 heteroatoms. The topological polar surface area (TPSA) is 104 Å². The third-order valence-corrected chi connectivity index (χ3v) is 4.94. The van der Waals surface area contributed by atoms with Crippen molar-refractivity contribution in [2.24, 2.45) is 0 Å². The van der Waals surface area contributed by atoms with E-state index in [0.29, 0.717) is 4.90 Å². The Morgan fingerprint density at radius 3 is 2.32 bits per heavy atom. The maximum absolute atomic E-state index is 12.9. The number of hydrogen-bond acceptors (Lipinski definition) is 6. The molecule has 9 nitrogen and oxygen atoms in total. The standard InChI is InChI=1S/C19H21N3O6/c1-11(2)22-17(25)16(24)21(19(22)27)10-15(23)20-9-13-7-5-4-6-12(13)8-14(20)18(26)28-3/h4-7,11,14H,8-10H2,1-3H3/t14-/m1/s1. The predicted molar refractivity (Wildman–Crippen MR) is 95.6 cm³/mol. The van der Waals surface area contributed by atoms with Gasteiger partial charge in [0.1, 0.15) is 12.6 Å². The minimum Gasteiger partial charge on any atom is -0.467 e. The predicted octanol–water partition coefficient (Wildman–Crippen LogP) is 0.312. The number of esters is 1. The summed E-state index contributed by atoms with van der Waals surface area (Å²) in [6, 6.07) is 5.19. The number of ether oxygens (including phenoxy) is 1. The normalized spacial score (nSPS) is 19.4. The number of fused-ring (bicyclic) bond motifs is 1. The summed E-state index contributed by atoms with van der Waals surface area (Å²) in [5.41, 5.74) is 1.80. The Morgan fingerprint density at radius 1 is 1.11 bits per heavy atom. The molecule has 1 fully saturated rings. The van der Waals surface area contributed by atoms with Crippen molar-refractivity contribution in [3.63, 3.8) is 0 Å². The molecule has 1 atom stereocenters. The second-order valence-corrected chi connectivity index (χ2v) is 6.98. The highest BCUT2D eigenvalue weighted by Crippen LogP contribution is 2.25. The Morgan fingerprint density at radius 2 is 1.75 bits per heavy atom. The summed E-state index contributed by atoms with van der Waals surface area (Å²) in [6.45, 7) is 2.74. The molecule has 0 N–H and O–H groups in total. The number of methoxy groups -OCH3 is 1. The number of imide groups is 2. The van der Waals surface area contributed by atoms with Crippen LogP contribution in [0.1, 0.15) is 25.0 Å². The average molecular weight is 387 g/mol. The van der Waals surface area contributed by atoms with Crippen LogP contribution in [0.15, 0.2) is 24.3 Å². The van der Waals surface area contributed by atoms with Crippen LogP contribution in [0.25, 0.3) is 0 Å². The van der Waals surface area contributed by atoms with Gasteiger partial charge in [0.15, 0.2) is 0 Å². The monoisotopic (exact) mass is 387 g/mol. The van der Waals surface area contributed by atoms with Crippen molar-refractivity contribution in [2.45, 2.75) is 38.9 Å². The van der Waals surface area contributed by atoms with Gasteiger partial charge < -0.3 is 9.64 Å². The van der Waals surface area contributed by atoms with Crippen LogP contribution in [0.2, 0.25) is 0 Å². The molecular weight excluding hydrogens is 366 g/mol. The fourth-order valence-electron chi connectivity index (χ4n) is 3.47. The summed E-state index contributed by atoms with van der Waals surface area (Å²) in [5, 5.41) is 0. The molecule has 148 valence electrons. The Balaban J connectivity index is 1.84. The van der Waals surface area contributed by atoms with Gasteiger partial charge in [0, 0.05) is 19.0 Å². The highest BCUT2D eigenvalue weighted by Gasteiger charge is 2.47. The lowest BCUT2D eigenvalue weighted by Crippen LogP contribution is -2.52. The highest BCUT2D eigenvalue weighted by molar-refractivity contribution is 6.45. The van der Waals surface area contributed by atoms with Gasteiger partial charge in [0.05, 0.1) is 7.11 Å². The Labute approximate surface area is 161 Å². The first-order valence-corrected chi connectivity index (χ1v) is 8.89. The van der Waals surface area contributed by atoms with E-state index in [-0.39, 0.29) is 13.0 Å². The van der Waals surface area contributed by atoms with Crippen LogP contribution in [0.5, 0.6) is 0 Å². The van der Waals surface area contributed by atoms with E-state index in [1.54, 1.807) is 13.8 Å². The van der Waals surface area contributed by atoms with Crippen LogP contribution in [0.3, 0.4) is 0 Å². The van der Waals surface area contributed by atoms with E-state index < -0.39 is 48.4 Å². The molecule has 0 saturated carbocycles. The number of rotatable bonds is 4. The van der Waals surface area contributed by atoms with Gasteiger partial charge in [0.25, 0.3) is 0 Å². The summed E-state index contributed by atoms with van der Waals surface area (Å²) in [6.07, 6.45) is 0.271. The highest BCUT2D eigenvalue weighted by atomic mass is 16.5. The van der Waals surface area contributed by atoms with Gasteiger partial charge in [-0.3, -0.25) is 19.3 Å². The second kappa shape index (κ2) is 7.41. The molecule has 0 aromatic heterocycles. The molecule has 2 aliphatic rings. The average Bonchev–Trinajstić information content (AvgIpc) is 2.89. The van der Waals surface area contributed by atoms with Crippen molar-refractivity contribution in [2.75, 3.05) is 13.7 Å². The first-order chi connectivity index (χ1) is 13.3. The zero-order valence-electron chi connectivity index (χ0n) is 15.9. The summed E-state index contributed by atoms with van der Waals surface area (Å²) in [7, 11) is 1.23. The summed E-state index contributed by atoms with van der Waals surface area (Å²) in [5.74, 6) is -3.19. The third kappa shape index (κ3) is 3.23. The van der Waals surface area contributed by atoms with Crippen LogP contribution in [-0.4, -0.2) is 70.2 Å². The van der Waals surface area contributed by atoms with Gasteiger partial charge in [-0.25, -0.2) is 14.5 Å². The van der Waals surface area contributed by atoms with Gasteiger partial charge in [-0.15, -0.1) is 0 Å². The first kappa shape index (κ1) is 19.5. The minimum absolute atomic E-state index is 0.146. The molecule has 2 heterocycles. The van der Waals surface area contributed by atoms with Crippen molar-refractivity contribution >= 4 is 29.7 Å². The number of amides is 5. The largest absolute Gasteiger partial charge is 0.467 e. The Kier molecular flexibility index (Phi) is 5.17.